The Morgan fingerprint density at radius 1 is 1.23 bits per heavy atom. The van der Waals surface area contributed by atoms with Crippen LogP contribution in [0.15, 0.2) is 53.4 Å². The van der Waals surface area contributed by atoms with Gasteiger partial charge in [-0.25, -0.2) is 0 Å². The number of hydrogen-bond acceptors (Lipinski definition) is 2. The summed E-state index contributed by atoms with van der Waals surface area (Å²) in [5.41, 5.74) is 2.03. The van der Waals surface area contributed by atoms with Crippen LogP contribution in [-0.4, -0.2) is 30.2 Å². The van der Waals surface area contributed by atoms with Gasteiger partial charge in [-0.15, -0.1) is 11.8 Å². The lowest BCUT2D eigenvalue weighted by molar-refractivity contribution is 0.0787. The van der Waals surface area contributed by atoms with Crippen molar-refractivity contribution in [3.63, 3.8) is 0 Å². The van der Waals surface area contributed by atoms with E-state index in [-0.39, 0.29) is 5.91 Å². The van der Waals surface area contributed by atoms with Crippen molar-refractivity contribution in [2.45, 2.75) is 17.2 Å². The largest absolute Gasteiger partial charge is 0.338 e. The summed E-state index contributed by atoms with van der Waals surface area (Å²) in [6.45, 7) is 1.57. The van der Waals surface area contributed by atoms with Gasteiger partial charge in [0, 0.05) is 28.9 Å². The zero-order valence-electron chi connectivity index (χ0n) is 12.5. The first-order chi connectivity index (χ1) is 10.7. The second kappa shape index (κ2) is 6.76. The number of likely N-dealkylation sites (tertiary alicyclic amines) is 1. The van der Waals surface area contributed by atoms with Crippen LogP contribution in [-0.2, 0) is 0 Å². The average Bonchev–Trinajstić information content (AvgIpc) is 3.04. The van der Waals surface area contributed by atoms with E-state index in [4.69, 9.17) is 11.6 Å². The molecular formula is C18H18ClNOS. The van der Waals surface area contributed by atoms with Crippen LogP contribution >= 0.6 is 23.4 Å². The summed E-state index contributed by atoms with van der Waals surface area (Å²) in [6.07, 6.45) is 3.00. The third-order valence-corrected chi connectivity index (χ3v) is 5.16. The first-order valence-corrected chi connectivity index (χ1v) is 8.97. The molecule has 1 aliphatic rings. The molecule has 2 nitrogen and oxygen atoms in total. The molecule has 2 aromatic rings. The smallest absolute Gasteiger partial charge is 0.255 e. The third-order valence-electron chi connectivity index (χ3n) is 4.13. The zero-order chi connectivity index (χ0) is 15.5. The maximum Gasteiger partial charge on any atom is 0.255 e. The van der Waals surface area contributed by atoms with Gasteiger partial charge in [-0.3, -0.25) is 4.79 Å². The Hall–Kier alpha value is -1.45. The van der Waals surface area contributed by atoms with Gasteiger partial charge in [-0.2, -0.15) is 0 Å². The molecule has 0 saturated carbocycles. The van der Waals surface area contributed by atoms with Crippen molar-refractivity contribution in [2.75, 3.05) is 19.3 Å². The fourth-order valence-corrected chi connectivity index (χ4v) is 3.76. The summed E-state index contributed by atoms with van der Waals surface area (Å²) >= 11 is 7.69. The van der Waals surface area contributed by atoms with Crippen LogP contribution < -0.4 is 0 Å². The minimum atomic E-state index is 0.134. The molecule has 1 atom stereocenters. The summed E-state index contributed by atoms with van der Waals surface area (Å²) in [6, 6.07) is 15.8. The number of amides is 1. The molecular weight excluding hydrogens is 314 g/mol. The van der Waals surface area contributed by atoms with Crippen molar-refractivity contribution in [3.05, 3.63) is 64.7 Å². The molecule has 0 spiro atoms. The molecule has 1 unspecified atom stereocenters. The first kappa shape index (κ1) is 15.4. The number of benzene rings is 2. The second-order valence-electron chi connectivity index (χ2n) is 5.49. The van der Waals surface area contributed by atoms with Gasteiger partial charge in [-0.05, 0) is 42.5 Å². The number of carbonyl (C=O) groups is 1. The predicted molar refractivity (Wildman–Crippen MR) is 92.9 cm³/mol. The van der Waals surface area contributed by atoms with E-state index in [0.717, 1.165) is 35.0 Å². The maximum atomic E-state index is 12.8. The summed E-state index contributed by atoms with van der Waals surface area (Å²) in [4.78, 5) is 15.8. The van der Waals surface area contributed by atoms with Gasteiger partial charge in [0.15, 0.2) is 0 Å². The van der Waals surface area contributed by atoms with Crippen LogP contribution in [0.5, 0.6) is 0 Å². The van der Waals surface area contributed by atoms with Gasteiger partial charge in [0.2, 0.25) is 0 Å². The Labute approximate surface area is 140 Å². The molecule has 0 bridgehead atoms. The zero-order valence-corrected chi connectivity index (χ0v) is 14.0. The Kier molecular flexibility index (Phi) is 4.74. The van der Waals surface area contributed by atoms with Crippen molar-refractivity contribution in [1.82, 2.24) is 4.90 Å². The lowest BCUT2D eigenvalue weighted by atomic mass is 9.99. The average molecular weight is 332 g/mol. The summed E-state index contributed by atoms with van der Waals surface area (Å²) in [5, 5.41) is 0.759. The van der Waals surface area contributed by atoms with E-state index >= 15 is 0 Å². The molecule has 0 aliphatic carbocycles. The minimum absolute atomic E-state index is 0.134. The van der Waals surface area contributed by atoms with Crippen LogP contribution in [0.4, 0.5) is 0 Å². The summed E-state index contributed by atoms with van der Waals surface area (Å²) in [7, 11) is 0. The van der Waals surface area contributed by atoms with Crippen LogP contribution in [0.1, 0.15) is 28.3 Å². The Morgan fingerprint density at radius 2 is 2.05 bits per heavy atom. The van der Waals surface area contributed by atoms with Crippen LogP contribution in [0.25, 0.3) is 0 Å². The molecule has 1 saturated heterocycles. The highest BCUT2D eigenvalue weighted by Gasteiger charge is 2.28. The van der Waals surface area contributed by atoms with Gasteiger partial charge in [0.25, 0.3) is 5.91 Å². The molecule has 1 amide bonds. The van der Waals surface area contributed by atoms with E-state index in [9.17, 15) is 4.79 Å². The standard InChI is InChI=1S/C18H18ClNOS/c1-22-17-8-3-2-7-16(17)18(21)20-10-9-14(12-20)13-5-4-6-15(19)11-13/h2-8,11,14H,9-10,12H2,1H3. The summed E-state index contributed by atoms with van der Waals surface area (Å²) in [5.74, 6) is 0.513. The van der Waals surface area contributed by atoms with E-state index < -0.39 is 0 Å². The molecule has 114 valence electrons. The second-order valence-corrected chi connectivity index (χ2v) is 6.78. The van der Waals surface area contributed by atoms with Gasteiger partial charge >= 0.3 is 0 Å². The Balaban J connectivity index is 1.76. The number of halogens is 1. The molecule has 22 heavy (non-hydrogen) atoms. The van der Waals surface area contributed by atoms with E-state index in [2.05, 4.69) is 6.07 Å². The van der Waals surface area contributed by atoms with Crippen LogP contribution in [0.2, 0.25) is 5.02 Å². The lowest BCUT2D eigenvalue weighted by Gasteiger charge is -2.18. The molecule has 1 heterocycles. The Bertz CT molecular complexity index is 688. The van der Waals surface area contributed by atoms with E-state index in [1.807, 2.05) is 53.6 Å². The summed E-state index contributed by atoms with van der Waals surface area (Å²) < 4.78 is 0. The van der Waals surface area contributed by atoms with Crippen molar-refractivity contribution >= 4 is 29.3 Å². The Morgan fingerprint density at radius 3 is 2.82 bits per heavy atom. The van der Waals surface area contributed by atoms with Gasteiger partial charge in [0.1, 0.15) is 0 Å². The molecule has 1 aliphatic heterocycles. The van der Waals surface area contributed by atoms with E-state index in [0.29, 0.717) is 5.92 Å². The van der Waals surface area contributed by atoms with E-state index in [1.54, 1.807) is 11.8 Å². The monoisotopic (exact) mass is 331 g/mol. The van der Waals surface area contributed by atoms with Crippen LogP contribution in [0, 0.1) is 0 Å². The lowest BCUT2D eigenvalue weighted by Crippen LogP contribution is -2.28. The molecule has 3 rings (SSSR count). The number of thioether (sulfide) groups is 1. The fraction of sp³-hybridized carbons (Fsp3) is 0.278. The topological polar surface area (TPSA) is 20.3 Å². The predicted octanol–water partition coefficient (Wildman–Crippen LogP) is 4.69. The molecule has 0 radical (unpaired) electrons. The number of hydrogen-bond donors (Lipinski definition) is 0. The van der Waals surface area contributed by atoms with Crippen LogP contribution in [0.3, 0.4) is 0 Å². The molecule has 1 fully saturated rings. The van der Waals surface area contributed by atoms with E-state index in [1.165, 1.54) is 5.56 Å². The SMILES string of the molecule is CSc1ccccc1C(=O)N1CCC(c2cccc(Cl)c2)C1. The maximum absolute atomic E-state index is 12.8. The van der Waals surface area contributed by atoms with Gasteiger partial charge in [-0.1, -0.05) is 35.9 Å². The number of carbonyl (C=O) groups excluding carboxylic acids is 1. The molecule has 0 N–H and O–H groups in total. The van der Waals surface area contributed by atoms with Crippen molar-refractivity contribution in [1.29, 1.82) is 0 Å². The van der Waals surface area contributed by atoms with Crippen molar-refractivity contribution in [2.24, 2.45) is 0 Å². The van der Waals surface area contributed by atoms with Gasteiger partial charge in [0.05, 0.1) is 5.56 Å². The number of rotatable bonds is 3. The highest BCUT2D eigenvalue weighted by Crippen LogP contribution is 2.30. The molecule has 4 heteroatoms. The molecule has 2 aromatic carbocycles. The minimum Gasteiger partial charge on any atom is -0.338 e. The first-order valence-electron chi connectivity index (χ1n) is 7.37. The highest BCUT2D eigenvalue weighted by atomic mass is 35.5. The van der Waals surface area contributed by atoms with Crippen molar-refractivity contribution < 1.29 is 4.79 Å². The fourth-order valence-electron chi connectivity index (χ4n) is 2.97. The third kappa shape index (κ3) is 3.16. The quantitative estimate of drug-likeness (QED) is 0.760. The normalized spacial score (nSPS) is 17.7. The van der Waals surface area contributed by atoms with Gasteiger partial charge < -0.3 is 4.90 Å². The molecule has 0 aromatic heterocycles. The van der Waals surface area contributed by atoms with Crippen molar-refractivity contribution in [3.8, 4) is 0 Å². The number of nitrogens with zero attached hydrogens (tertiary/aromatic N) is 1. The highest BCUT2D eigenvalue weighted by molar-refractivity contribution is 7.98.